The van der Waals surface area contributed by atoms with Gasteiger partial charge in [-0.2, -0.15) is 0 Å². The van der Waals surface area contributed by atoms with Crippen molar-refractivity contribution < 1.29 is 4.79 Å². The van der Waals surface area contributed by atoms with E-state index in [2.05, 4.69) is 55.4 Å². The van der Waals surface area contributed by atoms with Gasteiger partial charge in [-0.3, -0.25) is 4.79 Å². The molecule has 2 aliphatic rings. The molecule has 2 atom stereocenters. The highest BCUT2D eigenvalue weighted by molar-refractivity contribution is 6.37. The van der Waals surface area contributed by atoms with Gasteiger partial charge in [0.15, 0.2) is 0 Å². The fourth-order valence-corrected chi connectivity index (χ4v) is 10.9. The largest absolute Gasteiger partial charge is 0.298 e. The number of Topliss-reactive ketones (excluding diaryl/α,β-unsaturated/α-hetero) is 1. The zero-order chi connectivity index (χ0) is 31.6. The van der Waals surface area contributed by atoms with Crippen LogP contribution in [0.2, 0.25) is 20.1 Å². The topological polar surface area (TPSA) is 17.1 Å². The maximum absolute atomic E-state index is 13.8. The third-order valence-corrected chi connectivity index (χ3v) is 11.2. The molecule has 2 saturated carbocycles. The number of benzene rings is 2. The zero-order valence-corrected chi connectivity index (χ0v) is 30.3. The highest BCUT2D eigenvalue weighted by Crippen LogP contribution is 2.55. The van der Waals surface area contributed by atoms with E-state index < -0.39 is 0 Å². The van der Waals surface area contributed by atoms with Crippen LogP contribution in [0.3, 0.4) is 0 Å². The minimum Gasteiger partial charge on any atom is -0.298 e. The molecule has 2 fully saturated rings. The molecular formula is C37H50Cl4O. The van der Waals surface area contributed by atoms with Gasteiger partial charge in [-0.25, -0.2) is 0 Å². The van der Waals surface area contributed by atoms with Gasteiger partial charge >= 0.3 is 0 Å². The summed E-state index contributed by atoms with van der Waals surface area (Å²) < 4.78 is 0. The van der Waals surface area contributed by atoms with Crippen molar-refractivity contribution in [3.8, 4) is 0 Å². The Bertz CT molecular complexity index is 1170. The predicted octanol–water partition coefficient (Wildman–Crippen LogP) is 13.4. The van der Waals surface area contributed by atoms with Crippen molar-refractivity contribution >= 4 is 52.2 Å². The molecule has 0 spiro atoms. The maximum atomic E-state index is 13.8. The highest BCUT2D eigenvalue weighted by atomic mass is 35.5. The molecule has 5 heteroatoms. The van der Waals surface area contributed by atoms with E-state index in [4.69, 9.17) is 46.4 Å². The van der Waals surface area contributed by atoms with Gasteiger partial charge in [0.05, 0.1) is 0 Å². The van der Waals surface area contributed by atoms with E-state index in [1.54, 1.807) is 0 Å². The summed E-state index contributed by atoms with van der Waals surface area (Å²) in [5, 5.41) is 2.66. The van der Waals surface area contributed by atoms with E-state index in [1.165, 1.54) is 12.8 Å². The van der Waals surface area contributed by atoms with Crippen LogP contribution in [0.5, 0.6) is 0 Å². The summed E-state index contributed by atoms with van der Waals surface area (Å²) in [5.74, 6) is -0.0627. The lowest BCUT2D eigenvalue weighted by Crippen LogP contribution is -2.33. The first kappa shape index (κ1) is 34.1. The van der Waals surface area contributed by atoms with Crippen molar-refractivity contribution in [2.24, 2.45) is 21.7 Å². The first-order chi connectivity index (χ1) is 19.1. The van der Waals surface area contributed by atoms with Crippen LogP contribution in [-0.2, 0) is 4.79 Å². The molecule has 42 heavy (non-hydrogen) atoms. The van der Waals surface area contributed by atoms with Crippen molar-refractivity contribution in [1.82, 2.24) is 0 Å². The molecule has 2 unspecified atom stereocenters. The van der Waals surface area contributed by atoms with Gasteiger partial charge in [0.2, 0.25) is 0 Å². The first-order valence-corrected chi connectivity index (χ1v) is 17.1. The maximum Gasteiger partial charge on any atom is 0.147 e. The van der Waals surface area contributed by atoms with Crippen LogP contribution in [0.1, 0.15) is 154 Å². The SMILES string of the molecule is CC(C(=O)C(C)c1cc(Cl)c(C2CC(C)(C)CC(C)(C)C2)c(Cl)c1)c1cc(Cl)c(C2CC(C)(C)CC(C)(C)C2)c(Cl)c1. The van der Waals surface area contributed by atoms with Gasteiger partial charge in [0.1, 0.15) is 5.78 Å². The number of carbonyl (C=O) groups excluding carboxylic acids is 1. The second-order valence-corrected chi connectivity index (χ2v) is 18.5. The van der Waals surface area contributed by atoms with Crippen LogP contribution < -0.4 is 0 Å². The summed E-state index contributed by atoms with van der Waals surface area (Å²) in [6.07, 6.45) is 6.56. The predicted molar refractivity (Wildman–Crippen MR) is 183 cm³/mol. The van der Waals surface area contributed by atoms with E-state index >= 15 is 0 Å². The van der Waals surface area contributed by atoms with E-state index in [0.29, 0.717) is 31.9 Å². The molecular weight excluding hydrogens is 602 g/mol. The Hall–Kier alpha value is -0.730. The Labute approximate surface area is 275 Å². The smallest absolute Gasteiger partial charge is 0.147 e. The second-order valence-electron chi connectivity index (χ2n) is 16.9. The Morgan fingerprint density at radius 3 is 1.05 bits per heavy atom. The number of ketones is 1. The standard InChI is InChI=1S/C37H50Cl4O/c1-21(23-11-27(38)31(28(39)12-23)25-15-34(3,4)19-35(5,6)16-25)33(42)22(2)24-13-29(40)32(30(41)14-24)26-17-36(7,8)20-37(9,10)18-26/h11-14,21-22,25-26H,15-20H2,1-10H3. The quantitative estimate of drug-likeness (QED) is 0.304. The number of rotatable bonds is 6. The number of halogens is 4. The zero-order valence-electron chi connectivity index (χ0n) is 27.3. The molecule has 4 rings (SSSR count). The minimum atomic E-state index is -0.375. The molecule has 2 aromatic rings. The van der Waals surface area contributed by atoms with Gasteiger partial charge in [-0.15, -0.1) is 0 Å². The van der Waals surface area contributed by atoms with E-state index in [0.717, 1.165) is 47.9 Å². The van der Waals surface area contributed by atoms with Crippen molar-refractivity contribution in [2.45, 2.75) is 131 Å². The molecule has 0 saturated heterocycles. The van der Waals surface area contributed by atoms with Crippen LogP contribution in [0.15, 0.2) is 24.3 Å². The molecule has 0 radical (unpaired) electrons. The molecule has 1 nitrogen and oxygen atoms in total. The lowest BCUT2D eigenvalue weighted by atomic mass is 9.60. The summed E-state index contributed by atoms with van der Waals surface area (Å²) >= 11 is 27.8. The monoisotopic (exact) mass is 650 g/mol. The van der Waals surface area contributed by atoms with E-state index in [-0.39, 0.29) is 39.3 Å². The molecule has 2 aliphatic carbocycles. The number of carbonyl (C=O) groups is 1. The van der Waals surface area contributed by atoms with Crippen LogP contribution in [0, 0.1) is 21.7 Å². The van der Waals surface area contributed by atoms with E-state index in [9.17, 15) is 4.79 Å². The van der Waals surface area contributed by atoms with Crippen LogP contribution >= 0.6 is 46.4 Å². The van der Waals surface area contributed by atoms with Crippen molar-refractivity contribution in [2.75, 3.05) is 0 Å². The normalized spacial score (nSPS) is 23.4. The molecule has 0 heterocycles. The number of hydrogen-bond donors (Lipinski definition) is 0. The Morgan fingerprint density at radius 2 is 0.810 bits per heavy atom. The third kappa shape index (κ3) is 7.55. The molecule has 0 N–H and O–H groups in total. The highest BCUT2D eigenvalue weighted by Gasteiger charge is 2.42. The molecule has 0 aromatic heterocycles. The van der Waals surface area contributed by atoms with Gasteiger partial charge < -0.3 is 0 Å². The fraction of sp³-hybridized carbons (Fsp3) is 0.649. The minimum absolute atomic E-state index is 0.0923. The average molecular weight is 653 g/mol. The van der Waals surface area contributed by atoms with Gasteiger partial charge in [0, 0.05) is 31.9 Å². The van der Waals surface area contributed by atoms with Crippen molar-refractivity contribution in [1.29, 1.82) is 0 Å². The molecule has 2 aromatic carbocycles. The van der Waals surface area contributed by atoms with Gasteiger partial charge in [-0.05, 0) is 119 Å². The third-order valence-electron chi connectivity index (χ3n) is 9.98. The molecule has 0 amide bonds. The summed E-state index contributed by atoms with van der Waals surface area (Å²) in [5.41, 5.74) is 4.63. The Balaban J connectivity index is 1.57. The summed E-state index contributed by atoms with van der Waals surface area (Å²) in [4.78, 5) is 13.8. The van der Waals surface area contributed by atoms with Gasteiger partial charge in [-0.1, -0.05) is 116 Å². The Kier molecular flexibility index (Phi) is 9.67. The number of hydrogen-bond acceptors (Lipinski definition) is 1. The molecule has 232 valence electrons. The van der Waals surface area contributed by atoms with Crippen molar-refractivity contribution in [3.63, 3.8) is 0 Å². The lowest BCUT2D eigenvalue weighted by Gasteiger charge is -2.45. The van der Waals surface area contributed by atoms with Crippen LogP contribution in [0.4, 0.5) is 0 Å². The summed E-state index contributed by atoms with van der Waals surface area (Å²) in [6.45, 7) is 22.6. The second kappa shape index (κ2) is 11.9. The van der Waals surface area contributed by atoms with Crippen LogP contribution in [-0.4, -0.2) is 5.78 Å². The summed E-state index contributed by atoms with van der Waals surface area (Å²) in [6, 6.07) is 7.84. The average Bonchev–Trinajstić information content (AvgIpc) is 2.77. The fourth-order valence-electron chi connectivity index (χ4n) is 9.29. The summed E-state index contributed by atoms with van der Waals surface area (Å²) in [7, 11) is 0. The molecule has 0 aliphatic heterocycles. The lowest BCUT2D eigenvalue weighted by molar-refractivity contribution is -0.121. The van der Waals surface area contributed by atoms with E-state index in [1.807, 2.05) is 38.1 Å². The van der Waals surface area contributed by atoms with Crippen molar-refractivity contribution in [3.05, 3.63) is 66.6 Å². The van der Waals surface area contributed by atoms with Crippen LogP contribution in [0.25, 0.3) is 0 Å². The Morgan fingerprint density at radius 1 is 0.571 bits per heavy atom. The van der Waals surface area contributed by atoms with Gasteiger partial charge in [0.25, 0.3) is 0 Å². The molecule has 0 bridgehead atoms. The first-order valence-electron chi connectivity index (χ1n) is 15.6.